The molecule has 2 aliphatic rings. The van der Waals surface area contributed by atoms with E-state index < -0.39 is 6.10 Å². The molecule has 0 saturated carbocycles. The molecular weight excluding hydrogens is 368 g/mol. The molecular formula is C23H22N2O4. The first-order chi connectivity index (χ1) is 14.0. The quantitative estimate of drug-likeness (QED) is 0.664. The Hall–Kier alpha value is -3.28. The van der Waals surface area contributed by atoms with Crippen molar-refractivity contribution in [2.75, 3.05) is 6.79 Å². The number of rotatable bonds is 2. The number of aryl methyl sites for hydroxylation is 2. The highest BCUT2D eigenvalue weighted by Crippen LogP contribution is 2.34. The molecule has 1 amide bonds. The number of nitrogens with zero attached hydrogens (tertiary/aromatic N) is 2. The lowest BCUT2D eigenvalue weighted by Crippen LogP contribution is -2.37. The molecule has 1 atom stereocenters. The van der Waals surface area contributed by atoms with E-state index in [1.807, 2.05) is 29.2 Å². The fourth-order valence-electron chi connectivity index (χ4n) is 4.02. The zero-order chi connectivity index (χ0) is 20.1. The lowest BCUT2D eigenvalue weighted by Gasteiger charge is -2.22. The van der Waals surface area contributed by atoms with Crippen molar-refractivity contribution in [2.24, 2.45) is 0 Å². The summed E-state index contributed by atoms with van der Waals surface area (Å²) in [4.78, 5) is 19.5. The first kappa shape index (κ1) is 17.8. The van der Waals surface area contributed by atoms with Crippen LogP contribution < -0.4 is 14.2 Å². The van der Waals surface area contributed by atoms with Crippen LogP contribution in [0.4, 0.5) is 0 Å². The van der Waals surface area contributed by atoms with Crippen LogP contribution in [-0.2, 0) is 17.9 Å². The van der Waals surface area contributed by atoms with Crippen LogP contribution >= 0.6 is 0 Å². The van der Waals surface area contributed by atoms with Gasteiger partial charge in [0.2, 0.25) is 12.7 Å². The van der Waals surface area contributed by atoms with E-state index in [4.69, 9.17) is 19.2 Å². The van der Waals surface area contributed by atoms with Gasteiger partial charge in [-0.1, -0.05) is 12.1 Å². The number of hydrogen-bond donors (Lipinski definition) is 0. The second kappa shape index (κ2) is 6.65. The van der Waals surface area contributed by atoms with Gasteiger partial charge in [0.25, 0.3) is 5.91 Å². The molecule has 6 heteroatoms. The Morgan fingerprint density at radius 3 is 2.79 bits per heavy atom. The van der Waals surface area contributed by atoms with E-state index in [0.29, 0.717) is 24.7 Å². The number of carbonyl (C=O) groups is 1. The summed E-state index contributed by atoms with van der Waals surface area (Å²) in [6.07, 6.45) is -0.596. The van der Waals surface area contributed by atoms with Crippen molar-refractivity contribution in [2.45, 2.75) is 40.0 Å². The zero-order valence-corrected chi connectivity index (χ0v) is 16.7. The molecule has 0 radical (unpaired) electrons. The van der Waals surface area contributed by atoms with Crippen LogP contribution in [0.25, 0.3) is 10.9 Å². The number of amides is 1. The first-order valence-electron chi connectivity index (χ1n) is 9.73. The van der Waals surface area contributed by atoms with Crippen LogP contribution in [0.2, 0.25) is 0 Å². The van der Waals surface area contributed by atoms with Gasteiger partial charge in [-0.15, -0.1) is 0 Å². The minimum absolute atomic E-state index is 0.0578. The van der Waals surface area contributed by atoms with E-state index in [0.717, 1.165) is 33.3 Å². The second-order valence-electron chi connectivity index (χ2n) is 7.74. The van der Waals surface area contributed by atoms with E-state index in [1.165, 1.54) is 5.56 Å². The van der Waals surface area contributed by atoms with Crippen molar-refractivity contribution < 1.29 is 19.0 Å². The third-order valence-corrected chi connectivity index (χ3v) is 5.44. The molecule has 0 spiro atoms. The molecule has 29 heavy (non-hydrogen) atoms. The van der Waals surface area contributed by atoms with Gasteiger partial charge in [-0.05, 0) is 61.7 Å². The van der Waals surface area contributed by atoms with Crippen molar-refractivity contribution in [3.63, 3.8) is 0 Å². The maximum Gasteiger partial charge on any atom is 0.264 e. The molecule has 2 aromatic carbocycles. The smallest absolute Gasteiger partial charge is 0.264 e. The predicted octanol–water partition coefficient (Wildman–Crippen LogP) is 3.89. The highest BCUT2D eigenvalue weighted by Gasteiger charge is 2.29. The normalized spacial score (nSPS) is 17.8. The fraction of sp³-hybridized carbons (Fsp3) is 0.304. The third-order valence-electron chi connectivity index (χ3n) is 5.44. The van der Waals surface area contributed by atoms with Crippen LogP contribution in [-0.4, -0.2) is 28.7 Å². The molecule has 5 rings (SSSR count). The van der Waals surface area contributed by atoms with Crippen LogP contribution in [0.3, 0.4) is 0 Å². The Labute approximate surface area is 169 Å². The van der Waals surface area contributed by atoms with E-state index in [9.17, 15) is 4.79 Å². The molecule has 0 fully saturated rings. The lowest BCUT2D eigenvalue weighted by atomic mass is 10.0. The Balaban J connectivity index is 1.51. The van der Waals surface area contributed by atoms with E-state index >= 15 is 0 Å². The largest absolute Gasteiger partial charge is 0.464 e. The minimum Gasteiger partial charge on any atom is -0.464 e. The summed E-state index contributed by atoms with van der Waals surface area (Å²) in [5.41, 5.74) is 5.12. The topological polar surface area (TPSA) is 60.9 Å². The number of hydrogen-bond acceptors (Lipinski definition) is 5. The molecule has 3 aromatic rings. The van der Waals surface area contributed by atoms with E-state index in [1.54, 1.807) is 6.92 Å². The molecule has 1 aromatic heterocycles. The summed E-state index contributed by atoms with van der Waals surface area (Å²) in [5, 5.41) is 1.09. The fourth-order valence-corrected chi connectivity index (χ4v) is 4.02. The van der Waals surface area contributed by atoms with Crippen LogP contribution in [0.5, 0.6) is 17.4 Å². The maximum absolute atomic E-state index is 13.0. The van der Waals surface area contributed by atoms with E-state index in [-0.39, 0.29) is 12.7 Å². The Morgan fingerprint density at radius 1 is 1.10 bits per heavy atom. The van der Waals surface area contributed by atoms with Gasteiger partial charge in [0.15, 0.2) is 17.6 Å². The van der Waals surface area contributed by atoms with Gasteiger partial charge in [-0.25, -0.2) is 4.98 Å². The first-order valence-corrected chi connectivity index (χ1v) is 9.73. The highest BCUT2D eigenvalue weighted by molar-refractivity contribution is 5.86. The maximum atomic E-state index is 13.0. The monoisotopic (exact) mass is 390 g/mol. The number of ether oxygens (including phenoxy) is 3. The summed E-state index contributed by atoms with van der Waals surface area (Å²) < 4.78 is 16.8. The van der Waals surface area contributed by atoms with Crippen LogP contribution in [0.15, 0.2) is 36.4 Å². The summed E-state index contributed by atoms with van der Waals surface area (Å²) in [7, 11) is 0. The van der Waals surface area contributed by atoms with Gasteiger partial charge >= 0.3 is 0 Å². The molecule has 2 aliphatic heterocycles. The highest BCUT2D eigenvalue weighted by atomic mass is 16.7. The van der Waals surface area contributed by atoms with Gasteiger partial charge in [-0.3, -0.25) is 4.79 Å². The molecule has 148 valence electrons. The Kier molecular flexibility index (Phi) is 4.08. The van der Waals surface area contributed by atoms with Crippen LogP contribution in [0.1, 0.15) is 29.2 Å². The summed E-state index contributed by atoms with van der Waals surface area (Å²) in [6, 6.07) is 12.1. The molecule has 1 unspecified atom stereocenters. The van der Waals surface area contributed by atoms with Gasteiger partial charge < -0.3 is 19.1 Å². The van der Waals surface area contributed by atoms with Crippen molar-refractivity contribution in [1.29, 1.82) is 0 Å². The van der Waals surface area contributed by atoms with E-state index in [2.05, 4.69) is 26.0 Å². The second-order valence-corrected chi connectivity index (χ2v) is 7.74. The average molecular weight is 390 g/mol. The minimum atomic E-state index is -0.596. The summed E-state index contributed by atoms with van der Waals surface area (Å²) >= 11 is 0. The van der Waals surface area contributed by atoms with Gasteiger partial charge in [0.05, 0.1) is 12.1 Å². The predicted molar refractivity (Wildman–Crippen MR) is 108 cm³/mol. The molecule has 3 heterocycles. The van der Waals surface area contributed by atoms with Gasteiger partial charge in [0, 0.05) is 17.5 Å². The van der Waals surface area contributed by atoms with Crippen molar-refractivity contribution in [3.05, 3.63) is 58.7 Å². The number of carbonyl (C=O) groups excluding carboxylic acids is 1. The third kappa shape index (κ3) is 3.14. The van der Waals surface area contributed by atoms with Crippen molar-refractivity contribution in [3.8, 4) is 17.4 Å². The number of aromatic nitrogens is 1. The number of benzene rings is 2. The Morgan fingerprint density at radius 2 is 1.93 bits per heavy atom. The SMILES string of the molecule is Cc1cc(C)c2cc3c(nc2c1)OC(C)C(=O)N(Cc1ccc2c(c1)OCO2)C3. The Bertz CT molecular complexity index is 1140. The number of pyridine rings is 1. The van der Waals surface area contributed by atoms with Crippen LogP contribution in [0, 0.1) is 13.8 Å². The number of fused-ring (bicyclic) bond motifs is 3. The molecule has 0 bridgehead atoms. The summed E-state index contributed by atoms with van der Waals surface area (Å²) in [6.45, 7) is 7.06. The van der Waals surface area contributed by atoms with Gasteiger partial charge in [0.1, 0.15) is 0 Å². The molecule has 0 aliphatic carbocycles. The average Bonchev–Trinajstić information content (AvgIpc) is 3.11. The van der Waals surface area contributed by atoms with Gasteiger partial charge in [-0.2, -0.15) is 0 Å². The molecule has 0 saturated heterocycles. The summed E-state index contributed by atoms with van der Waals surface area (Å²) in [5.74, 6) is 1.93. The zero-order valence-electron chi connectivity index (χ0n) is 16.7. The lowest BCUT2D eigenvalue weighted by molar-refractivity contribution is -0.138. The van der Waals surface area contributed by atoms with Crippen molar-refractivity contribution in [1.82, 2.24) is 9.88 Å². The van der Waals surface area contributed by atoms with Crippen molar-refractivity contribution >= 4 is 16.8 Å². The standard InChI is InChI=1S/C23H22N2O4/c1-13-6-14(2)18-9-17-11-25(10-16-4-5-20-21(8-16)28-12-27-20)23(26)15(3)29-22(17)24-19(18)7-13/h4-9,15H,10-12H2,1-3H3. The molecule has 0 N–H and O–H groups in total. The molecule has 6 nitrogen and oxygen atoms in total.